The number of hydrogen-bond donors (Lipinski definition) is 1. The first-order valence-electron chi connectivity index (χ1n) is 4.90. The molecule has 1 atom stereocenters. The maximum Gasteiger partial charge on any atom is 0.317 e. The molecule has 5 nitrogen and oxygen atoms in total. The molecule has 2 fully saturated rings. The van der Waals surface area contributed by atoms with Gasteiger partial charge >= 0.3 is 5.97 Å². The Morgan fingerprint density at radius 1 is 1.50 bits per heavy atom. The monoisotopic (exact) mass is 198 g/mol. The lowest BCUT2D eigenvalue weighted by molar-refractivity contribution is -0.139. The van der Waals surface area contributed by atoms with Crippen LogP contribution in [0.4, 0.5) is 0 Å². The number of carboxylic acids is 1. The first-order chi connectivity index (χ1) is 6.66. The first-order valence-corrected chi connectivity index (χ1v) is 4.90. The van der Waals surface area contributed by atoms with Crippen LogP contribution >= 0.6 is 0 Å². The molecule has 2 heterocycles. The fourth-order valence-electron chi connectivity index (χ4n) is 2.26. The minimum Gasteiger partial charge on any atom is -0.480 e. The predicted molar refractivity (Wildman–Crippen MR) is 48.8 cm³/mol. The largest absolute Gasteiger partial charge is 0.480 e. The second-order valence-electron chi connectivity index (χ2n) is 3.91. The number of aliphatic carboxylic acids is 1. The van der Waals surface area contributed by atoms with E-state index >= 15 is 0 Å². The van der Waals surface area contributed by atoms with E-state index in [1.807, 2.05) is 9.80 Å². The number of amides is 1. The van der Waals surface area contributed by atoms with Crippen LogP contribution in [0.5, 0.6) is 0 Å². The fraction of sp³-hybridized carbons (Fsp3) is 0.778. The molecule has 0 radical (unpaired) electrons. The summed E-state index contributed by atoms with van der Waals surface area (Å²) in [5.41, 5.74) is 0. The molecular weight excluding hydrogens is 184 g/mol. The summed E-state index contributed by atoms with van der Waals surface area (Å²) in [7, 11) is 0. The van der Waals surface area contributed by atoms with Crippen LogP contribution < -0.4 is 0 Å². The lowest BCUT2D eigenvalue weighted by Gasteiger charge is -2.36. The number of rotatable bonds is 2. The molecule has 1 unspecified atom stereocenters. The average molecular weight is 198 g/mol. The molecule has 2 aliphatic heterocycles. The third-order valence-electron chi connectivity index (χ3n) is 2.94. The van der Waals surface area contributed by atoms with Gasteiger partial charge in [-0.05, 0) is 6.42 Å². The van der Waals surface area contributed by atoms with E-state index in [0.717, 1.165) is 13.0 Å². The molecule has 0 spiro atoms. The fourth-order valence-corrected chi connectivity index (χ4v) is 2.26. The molecule has 5 heteroatoms. The van der Waals surface area contributed by atoms with Crippen LogP contribution in [0.25, 0.3) is 0 Å². The van der Waals surface area contributed by atoms with Crippen molar-refractivity contribution in [3.8, 4) is 0 Å². The molecule has 0 saturated carbocycles. The van der Waals surface area contributed by atoms with Crippen molar-refractivity contribution in [1.82, 2.24) is 9.80 Å². The highest BCUT2D eigenvalue weighted by Gasteiger charge is 2.35. The van der Waals surface area contributed by atoms with Crippen LogP contribution in [0.15, 0.2) is 0 Å². The SMILES string of the molecule is O=C(O)CN1CCN2C(=O)CCC2C1. The Labute approximate surface area is 82.3 Å². The van der Waals surface area contributed by atoms with Crippen LogP contribution in [-0.2, 0) is 9.59 Å². The van der Waals surface area contributed by atoms with Gasteiger partial charge in [0.2, 0.25) is 5.91 Å². The van der Waals surface area contributed by atoms with E-state index in [4.69, 9.17) is 5.11 Å². The van der Waals surface area contributed by atoms with Gasteiger partial charge in [0.15, 0.2) is 0 Å². The van der Waals surface area contributed by atoms with Crippen LogP contribution in [0, 0.1) is 0 Å². The summed E-state index contributed by atoms with van der Waals surface area (Å²) in [4.78, 5) is 25.6. The van der Waals surface area contributed by atoms with Crippen molar-refractivity contribution in [1.29, 1.82) is 0 Å². The Hall–Kier alpha value is -1.10. The van der Waals surface area contributed by atoms with E-state index in [2.05, 4.69) is 0 Å². The lowest BCUT2D eigenvalue weighted by atomic mass is 10.1. The standard InChI is InChI=1S/C9H14N2O3/c12-8-2-1-7-5-10(6-9(13)14)3-4-11(7)8/h7H,1-6H2,(H,13,14). The number of carbonyl (C=O) groups is 2. The van der Waals surface area contributed by atoms with E-state index in [1.165, 1.54) is 0 Å². The Bertz CT molecular complexity index is 267. The molecule has 1 N–H and O–H groups in total. The number of carbonyl (C=O) groups excluding carboxylic acids is 1. The molecule has 0 bridgehead atoms. The number of fused-ring (bicyclic) bond motifs is 1. The molecule has 0 aromatic rings. The Morgan fingerprint density at radius 2 is 2.29 bits per heavy atom. The quantitative estimate of drug-likeness (QED) is 0.642. The second kappa shape index (κ2) is 3.57. The maximum absolute atomic E-state index is 11.3. The Balaban J connectivity index is 1.92. The zero-order valence-electron chi connectivity index (χ0n) is 7.98. The molecule has 1 amide bonds. The minimum atomic E-state index is -0.789. The van der Waals surface area contributed by atoms with Crippen molar-refractivity contribution in [3.63, 3.8) is 0 Å². The maximum atomic E-state index is 11.3. The topological polar surface area (TPSA) is 60.9 Å². The molecule has 14 heavy (non-hydrogen) atoms. The van der Waals surface area contributed by atoms with Gasteiger partial charge in [0.1, 0.15) is 0 Å². The van der Waals surface area contributed by atoms with Crippen molar-refractivity contribution in [2.75, 3.05) is 26.2 Å². The summed E-state index contributed by atoms with van der Waals surface area (Å²) in [6.07, 6.45) is 1.51. The van der Waals surface area contributed by atoms with Gasteiger partial charge < -0.3 is 10.0 Å². The van der Waals surface area contributed by atoms with Crippen molar-refractivity contribution in [3.05, 3.63) is 0 Å². The van der Waals surface area contributed by atoms with Crippen LogP contribution in [-0.4, -0.2) is 59.0 Å². The van der Waals surface area contributed by atoms with Crippen LogP contribution in [0.2, 0.25) is 0 Å². The lowest BCUT2D eigenvalue weighted by Crippen LogP contribution is -2.52. The third-order valence-corrected chi connectivity index (χ3v) is 2.94. The Kier molecular flexibility index (Phi) is 2.41. The predicted octanol–water partition coefficient (Wildman–Crippen LogP) is -0.622. The normalized spacial score (nSPS) is 27.9. The van der Waals surface area contributed by atoms with E-state index in [0.29, 0.717) is 19.5 Å². The van der Waals surface area contributed by atoms with Gasteiger partial charge in [-0.2, -0.15) is 0 Å². The zero-order valence-corrected chi connectivity index (χ0v) is 7.98. The molecular formula is C9H14N2O3. The van der Waals surface area contributed by atoms with Crippen LogP contribution in [0.3, 0.4) is 0 Å². The van der Waals surface area contributed by atoms with Crippen LogP contribution in [0.1, 0.15) is 12.8 Å². The molecule has 0 aromatic carbocycles. The first kappa shape index (κ1) is 9.45. The molecule has 0 aliphatic carbocycles. The highest BCUT2D eigenvalue weighted by molar-refractivity contribution is 5.79. The number of hydrogen-bond acceptors (Lipinski definition) is 3. The smallest absolute Gasteiger partial charge is 0.317 e. The third kappa shape index (κ3) is 1.72. The molecule has 78 valence electrons. The summed E-state index contributed by atoms with van der Waals surface area (Å²) >= 11 is 0. The van der Waals surface area contributed by atoms with Crippen molar-refractivity contribution in [2.45, 2.75) is 18.9 Å². The van der Waals surface area contributed by atoms with Gasteiger partial charge in [0.25, 0.3) is 0 Å². The van der Waals surface area contributed by atoms with Crippen molar-refractivity contribution < 1.29 is 14.7 Å². The summed E-state index contributed by atoms with van der Waals surface area (Å²) in [5.74, 6) is -0.562. The average Bonchev–Trinajstić information content (AvgIpc) is 2.46. The minimum absolute atomic E-state index is 0.0958. The van der Waals surface area contributed by atoms with Gasteiger partial charge in [-0.1, -0.05) is 0 Å². The van der Waals surface area contributed by atoms with E-state index in [1.54, 1.807) is 0 Å². The highest BCUT2D eigenvalue weighted by Crippen LogP contribution is 2.22. The molecule has 2 rings (SSSR count). The molecule has 2 aliphatic rings. The Morgan fingerprint density at radius 3 is 3.00 bits per heavy atom. The zero-order chi connectivity index (χ0) is 10.1. The summed E-state index contributed by atoms with van der Waals surface area (Å²) in [6.45, 7) is 2.20. The number of piperazine rings is 1. The van der Waals surface area contributed by atoms with E-state index in [-0.39, 0.29) is 18.5 Å². The van der Waals surface area contributed by atoms with E-state index < -0.39 is 5.97 Å². The summed E-state index contributed by atoms with van der Waals surface area (Å²) in [6, 6.07) is 0.260. The van der Waals surface area contributed by atoms with Crippen molar-refractivity contribution >= 4 is 11.9 Å². The molecule has 2 saturated heterocycles. The van der Waals surface area contributed by atoms with Gasteiger partial charge in [0, 0.05) is 32.1 Å². The van der Waals surface area contributed by atoms with Gasteiger partial charge in [0.05, 0.1) is 6.54 Å². The highest BCUT2D eigenvalue weighted by atomic mass is 16.4. The second-order valence-corrected chi connectivity index (χ2v) is 3.91. The van der Waals surface area contributed by atoms with Gasteiger partial charge in [-0.25, -0.2) is 0 Å². The van der Waals surface area contributed by atoms with Gasteiger partial charge in [-0.3, -0.25) is 14.5 Å². The summed E-state index contributed by atoms with van der Waals surface area (Å²) in [5, 5.41) is 8.64. The number of carboxylic acid groups (broad SMARTS) is 1. The van der Waals surface area contributed by atoms with E-state index in [9.17, 15) is 9.59 Å². The molecule has 0 aromatic heterocycles. The van der Waals surface area contributed by atoms with Crippen molar-refractivity contribution in [2.24, 2.45) is 0 Å². The van der Waals surface area contributed by atoms with Gasteiger partial charge in [-0.15, -0.1) is 0 Å². The summed E-state index contributed by atoms with van der Waals surface area (Å²) < 4.78 is 0. The number of nitrogens with zero attached hydrogens (tertiary/aromatic N) is 2.